The molecule has 5 rings (SSSR count). The molecule has 0 atom stereocenters. The van der Waals surface area contributed by atoms with Crippen LogP contribution < -0.4 is 10.7 Å². The largest absolute Gasteiger partial charge is 0.354 e. The van der Waals surface area contributed by atoms with Gasteiger partial charge < -0.3 is 15.3 Å². The van der Waals surface area contributed by atoms with Crippen LogP contribution in [0.4, 0.5) is 5.69 Å². The average molecular weight is 398 g/mol. The van der Waals surface area contributed by atoms with Crippen molar-refractivity contribution in [2.75, 3.05) is 5.32 Å². The predicted octanol–water partition coefficient (Wildman–Crippen LogP) is 3.21. The molecule has 0 bridgehead atoms. The molecular weight excluding hydrogens is 380 g/mol. The zero-order valence-electron chi connectivity index (χ0n) is 15.9. The normalized spacial score (nSPS) is 12.6. The molecule has 0 spiro atoms. The molecule has 2 aromatic carbocycles. The Bertz CT molecular complexity index is 1270. The van der Waals surface area contributed by atoms with Crippen LogP contribution in [-0.2, 0) is 11.2 Å². The average Bonchev–Trinajstić information content (AvgIpc) is 3.36. The Hall–Kier alpha value is -4.20. The standard InChI is InChI=1S/C22H18N6O2/c29-19(7-6-14-10-23-12-24-14)26-15-8-16-20-17(11-25-28-22(16)30)21(27-18(20)9-15)13-4-2-1-3-5-13/h1-5,8-12,27H,6-7H2,(H,23,24)(H,26,29)(H,28,30). The summed E-state index contributed by atoms with van der Waals surface area (Å²) in [7, 11) is 0. The van der Waals surface area contributed by atoms with E-state index < -0.39 is 0 Å². The number of carbonyl (C=O) groups is 2. The first-order valence-electron chi connectivity index (χ1n) is 9.54. The lowest BCUT2D eigenvalue weighted by Gasteiger charge is -2.08. The molecule has 0 aliphatic carbocycles. The minimum atomic E-state index is -0.317. The second-order valence-electron chi connectivity index (χ2n) is 7.05. The third-order valence-corrected chi connectivity index (χ3v) is 5.06. The van der Waals surface area contributed by atoms with Gasteiger partial charge in [0.1, 0.15) is 0 Å². The quantitative estimate of drug-likeness (QED) is 0.414. The van der Waals surface area contributed by atoms with Crippen LogP contribution in [0.5, 0.6) is 0 Å². The van der Waals surface area contributed by atoms with Crippen LogP contribution >= 0.6 is 0 Å². The molecule has 0 saturated carbocycles. The maximum Gasteiger partial charge on any atom is 0.272 e. The number of carbonyl (C=O) groups excluding carboxylic acids is 2. The molecule has 4 N–H and O–H groups in total. The molecule has 2 amide bonds. The monoisotopic (exact) mass is 398 g/mol. The smallest absolute Gasteiger partial charge is 0.272 e. The number of benzene rings is 2. The van der Waals surface area contributed by atoms with Gasteiger partial charge in [-0.2, -0.15) is 5.10 Å². The summed E-state index contributed by atoms with van der Waals surface area (Å²) in [5, 5.41) is 7.73. The van der Waals surface area contributed by atoms with E-state index in [0.717, 1.165) is 33.4 Å². The van der Waals surface area contributed by atoms with Gasteiger partial charge in [0.2, 0.25) is 5.91 Å². The Balaban J connectivity index is 1.52. The van der Waals surface area contributed by atoms with Crippen LogP contribution in [0.25, 0.3) is 22.2 Å². The van der Waals surface area contributed by atoms with Crippen molar-refractivity contribution >= 4 is 34.6 Å². The summed E-state index contributed by atoms with van der Waals surface area (Å²) in [5.41, 5.74) is 7.89. The second-order valence-corrected chi connectivity index (χ2v) is 7.05. The molecule has 148 valence electrons. The first-order chi connectivity index (χ1) is 14.7. The number of nitrogens with zero attached hydrogens (tertiary/aromatic N) is 2. The molecule has 0 radical (unpaired) electrons. The number of nitrogens with one attached hydrogen (secondary N) is 4. The molecule has 2 aromatic heterocycles. The number of rotatable bonds is 5. The summed E-state index contributed by atoms with van der Waals surface area (Å²) in [6.07, 6.45) is 5.79. The molecule has 3 heterocycles. The van der Waals surface area contributed by atoms with Gasteiger partial charge in [0, 0.05) is 40.5 Å². The van der Waals surface area contributed by atoms with E-state index >= 15 is 0 Å². The minimum absolute atomic E-state index is 0.142. The number of amides is 2. The number of hydrazone groups is 1. The maximum absolute atomic E-state index is 12.6. The van der Waals surface area contributed by atoms with E-state index in [1.165, 1.54) is 0 Å². The first-order valence-corrected chi connectivity index (χ1v) is 9.54. The molecule has 30 heavy (non-hydrogen) atoms. The fraction of sp³-hybridized carbons (Fsp3) is 0.0909. The molecule has 0 fully saturated rings. The van der Waals surface area contributed by atoms with Gasteiger partial charge in [0.05, 0.1) is 23.8 Å². The van der Waals surface area contributed by atoms with Crippen molar-refractivity contribution in [2.24, 2.45) is 5.10 Å². The molecule has 0 unspecified atom stereocenters. The van der Waals surface area contributed by atoms with Crippen molar-refractivity contribution in [3.05, 3.63) is 71.8 Å². The molecule has 1 aliphatic heterocycles. The van der Waals surface area contributed by atoms with Crippen LogP contribution in [0.1, 0.15) is 28.0 Å². The molecule has 8 nitrogen and oxygen atoms in total. The van der Waals surface area contributed by atoms with E-state index in [9.17, 15) is 9.59 Å². The third-order valence-electron chi connectivity index (χ3n) is 5.06. The van der Waals surface area contributed by atoms with Crippen molar-refractivity contribution < 1.29 is 9.59 Å². The highest BCUT2D eigenvalue weighted by atomic mass is 16.2. The number of aromatic amines is 2. The van der Waals surface area contributed by atoms with E-state index in [0.29, 0.717) is 24.1 Å². The molecule has 1 aliphatic rings. The van der Waals surface area contributed by atoms with Gasteiger partial charge in [-0.15, -0.1) is 0 Å². The lowest BCUT2D eigenvalue weighted by atomic mass is 10.0. The zero-order valence-corrected chi connectivity index (χ0v) is 15.9. The van der Waals surface area contributed by atoms with Gasteiger partial charge in [-0.25, -0.2) is 10.4 Å². The fourth-order valence-corrected chi connectivity index (χ4v) is 3.68. The minimum Gasteiger partial charge on any atom is -0.354 e. The van der Waals surface area contributed by atoms with Gasteiger partial charge >= 0.3 is 0 Å². The second kappa shape index (κ2) is 7.32. The lowest BCUT2D eigenvalue weighted by Crippen LogP contribution is -2.17. The number of H-pyrrole nitrogens is 2. The van der Waals surface area contributed by atoms with Crippen molar-refractivity contribution in [3.8, 4) is 11.3 Å². The van der Waals surface area contributed by atoms with Crippen LogP contribution in [0.2, 0.25) is 0 Å². The van der Waals surface area contributed by atoms with E-state index in [-0.39, 0.29) is 11.8 Å². The summed E-state index contributed by atoms with van der Waals surface area (Å²) in [4.78, 5) is 35.3. The highest BCUT2D eigenvalue weighted by Gasteiger charge is 2.22. The Kier molecular flexibility index (Phi) is 4.36. The van der Waals surface area contributed by atoms with Crippen LogP contribution in [0.3, 0.4) is 0 Å². The highest BCUT2D eigenvalue weighted by molar-refractivity contribution is 6.18. The van der Waals surface area contributed by atoms with Gasteiger partial charge in [-0.1, -0.05) is 30.3 Å². The van der Waals surface area contributed by atoms with E-state index in [1.807, 2.05) is 36.4 Å². The number of aryl methyl sites for hydroxylation is 1. The molecule has 4 aromatic rings. The summed E-state index contributed by atoms with van der Waals surface area (Å²) in [6, 6.07) is 13.4. The number of anilines is 1. The number of hydrogen-bond donors (Lipinski definition) is 4. The fourth-order valence-electron chi connectivity index (χ4n) is 3.68. The molecule has 0 saturated heterocycles. The van der Waals surface area contributed by atoms with Gasteiger partial charge in [-0.05, 0) is 24.1 Å². The SMILES string of the molecule is O=C(CCc1cnc[nH]1)Nc1cc2c3c(c(-c4ccccc4)[nH]c3c1)C=NNC2=O. The topological polar surface area (TPSA) is 115 Å². The van der Waals surface area contributed by atoms with Crippen molar-refractivity contribution in [2.45, 2.75) is 12.8 Å². The van der Waals surface area contributed by atoms with Crippen molar-refractivity contribution in [1.29, 1.82) is 0 Å². The van der Waals surface area contributed by atoms with Crippen molar-refractivity contribution in [1.82, 2.24) is 20.4 Å². The Morgan fingerprint density at radius 1 is 1.13 bits per heavy atom. The molecule has 8 heteroatoms. The highest BCUT2D eigenvalue weighted by Crippen LogP contribution is 2.34. The van der Waals surface area contributed by atoms with Crippen LogP contribution in [0.15, 0.2) is 60.1 Å². The van der Waals surface area contributed by atoms with Crippen molar-refractivity contribution in [3.63, 3.8) is 0 Å². The number of aromatic nitrogens is 3. The summed E-state index contributed by atoms with van der Waals surface area (Å²) >= 11 is 0. The third kappa shape index (κ3) is 3.24. The number of hydrogen-bond acceptors (Lipinski definition) is 4. The van der Waals surface area contributed by atoms with Gasteiger partial charge in [-0.3, -0.25) is 9.59 Å². The summed E-state index contributed by atoms with van der Waals surface area (Å²) in [5.74, 6) is -0.460. The predicted molar refractivity (Wildman–Crippen MR) is 114 cm³/mol. The first kappa shape index (κ1) is 17.9. The summed E-state index contributed by atoms with van der Waals surface area (Å²) in [6.45, 7) is 0. The maximum atomic E-state index is 12.6. The number of imidazole rings is 1. The lowest BCUT2D eigenvalue weighted by molar-refractivity contribution is -0.116. The van der Waals surface area contributed by atoms with Crippen LogP contribution in [0, 0.1) is 0 Å². The van der Waals surface area contributed by atoms with E-state index in [1.54, 1.807) is 24.8 Å². The van der Waals surface area contributed by atoms with Crippen LogP contribution in [-0.4, -0.2) is 33.0 Å². The summed E-state index contributed by atoms with van der Waals surface area (Å²) < 4.78 is 0. The van der Waals surface area contributed by atoms with Gasteiger partial charge in [0.25, 0.3) is 5.91 Å². The van der Waals surface area contributed by atoms with E-state index in [2.05, 4.69) is 30.8 Å². The molecular formula is C22H18N6O2. The Morgan fingerprint density at radius 3 is 2.80 bits per heavy atom. The zero-order chi connectivity index (χ0) is 20.5. The Morgan fingerprint density at radius 2 is 2.00 bits per heavy atom. The van der Waals surface area contributed by atoms with Gasteiger partial charge in [0.15, 0.2) is 0 Å². The Labute approximate surface area is 171 Å². The van der Waals surface area contributed by atoms with E-state index in [4.69, 9.17) is 0 Å².